The Kier molecular flexibility index (Phi) is 8.85. The summed E-state index contributed by atoms with van der Waals surface area (Å²) in [4.78, 5) is 5.08. The molecule has 2 fully saturated rings. The Balaban J connectivity index is 1.26. The first-order valence-corrected chi connectivity index (χ1v) is 12.5. The number of rotatable bonds is 7. The number of hydrogen-bond donors (Lipinski definition) is 0. The van der Waals surface area contributed by atoms with Crippen molar-refractivity contribution < 1.29 is 0 Å². The third-order valence-corrected chi connectivity index (χ3v) is 6.57. The summed E-state index contributed by atoms with van der Waals surface area (Å²) in [5, 5.41) is 0. The summed E-state index contributed by atoms with van der Waals surface area (Å²) in [5.41, 5.74) is 2.67. The average Bonchev–Trinajstić information content (AvgIpc) is 3.57. The van der Waals surface area contributed by atoms with Gasteiger partial charge in [-0.05, 0) is 75.8 Å². The van der Waals surface area contributed by atoms with Crippen LogP contribution in [0.15, 0.2) is 60.7 Å². The van der Waals surface area contributed by atoms with Crippen molar-refractivity contribution in [2.45, 2.75) is 63.5 Å². The second kappa shape index (κ2) is 12.5. The van der Waals surface area contributed by atoms with E-state index in [0.29, 0.717) is 0 Å². The molecule has 2 aliphatic heterocycles. The maximum absolute atomic E-state index is 3.58. The smallest absolute Gasteiger partial charge is 0.0970 e. The summed E-state index contributed by atoms with van der Waals surface area (Å²) in [6.07, 6.45) is 9.37. The van der Waals surface area contributed by atoms with Crippen molar-refractivity contribution in [1.82, 2.24) is 9.80 Å². The molecule has 0 aromatic heterocycles. The Morgan fingerprint density at radius 3 is 1.31 bits per heavy atom. The highest BCUT2D eigenvalue weighted by Crippen LogP contribution is 2.25. The van der Waals surface area contributed by atoms with Crippen molar-refractivity contribution in [1.29, 1.82) is 0 Å². The Labute approximate surface area is 195 Å². The number of unbranched alkanes of at least 4 members (excludes halogenated alkanes) is 3. The van der Waals surface area contributed by atoms with Crippen LogP contribution >= 0.6 is 0 Å². The van der Waals surface area contributed by atoms with Gasteiger partial charge >= 0.3 is 0 Å². The molecule has 2 nitrogen and oxygen atoms in total. The van der Waals surface area contributed by atoms with E-state index in [4.69, 9.17) is 0 Å². The lowest BCUT2D eigenvalue weighted by Gasteiger charge is -2.23. The van der Waals surface area contributed by atoms with E-state index in [1.165, 1.54) is 63.0 Å². The first kappa shape index (κ1) is 22.7. The van der Waals surface area contributed by atoms with Gasteiger partial charge in [-0.3, -0.25) is 9.80 Å². The SMILES string of the molecule is C(#CC(c1ccccc1)N1CCCC1)CCCCC#CC(c1ccccc1)N1CCCC1. The van der Waals surface area contributed by atoms with Gasteiger partial charge in [0.15, 0.2) is 0 Å². The number of hydrogen-bond acceptors (Lipinski definition) is 2. The molecule has 0 amide bonds. The van der Waals surface area contributed by atoms with Gasteiger partial charge < -0.3 is 0 Å². The Hall–Kier alpha value is -2.52. The predicted octanol–water partition coefficient (Wildman–Crippen LogP) is 6.23. The lowest BCUT2D eigenvalue weighted by atomic mass is 10.1. The molecule has 2 aromatic rings. The highest BCUT2D eigenvalue weighted by atomic mass is 15.2. The van der Waals surface area contributed by atoms with Crippen molar-refractivity contribution in [2.24, 2.45) is 0 Å². The number of nitrogens with zero attached hydrogens (tertiary/aromatic N) is 2. The monoisotopic (exact) mass is 424 g/mol. The van der Waals surface area contributed by atoms with Crippen LogP contribution in [0.2, 0.25) is 0 Å². The molecular formula is C30H36N2. The molecule has 0 saturated carbocycles. The Morgan fingerprint density at radius 2 is 0.938 bits per heavy atom. The summed E-state index contributed by atoms with van der Waals surface area (Å²) < 4.78 is 0. The summed E-state index contributed by atoms with van der Waals surface area (Å²) in [6.45, 7) is 4.68. The van der Waals surface area contributed by atoms with Crippen LogP contribution in [0.5, 0.6) is 0 Å². The standard InChI is InChI=1S/C30H36N2/c1(3-11-21-29(31-23-13-14-24-31)27-17-7-5-8-18-27)2-4-12-22-30(32-25-15-16-26-32)28-19-9-6-10-20-28/h5-10,17-20,29-30H,1-4,13-16,23-26H2. The lowest BCUT2D eigenvalue weighted by molar-refractivity contribution is 0.296. The zero-order chi connectivity index (χ0) is 21.8. The highest BCUT2D eigenvalue weighted by molar-refractivity contribution is 5.28. The van der Waals surface area contributed by atoms with E-state index in [9.17, 15) is 0 Å². The fraction of sp³-hybridized carbons (Fsp3) is 0.467. The Morgan fingerprint density at radius 1 is 0.562 bits per heavy atom. The number of benzene rings is 2. The third-order valence-electron chi connectivity index (χ3n) is 6.57. The van der Waals surface area contributed by atoms with E-state index in [-0.39, 0.29) is 12.1 Å². The zero-order valence-corrected chi connectivity index (χ0v) is 19.3. The van der Waals surface area contributed by atoms with Gasteiger partial charge in [0.25, 0.3) is 0 Å². The van der Waals surface area contributed by atoms with Crippen molar-refractivity contribution in [3.8, 4) is 23.7 Å². The van der Waals surface area contributed by atoms with Crippen LogP contribution in [0.1, 0.15) is 74.6 Å². The third kappa shape index (κ3) is 6.49. The van der Waals surface area contributed by atoms with Crippen molar-refractivity contribution in [3.05, 3.63) is 71.8 Å². The van der Waals surface area contributed by atoms with Crippen molar-refractivity contribution >= 4 is 0 Å². The molecule has 0 bridgehead atoms. The molecule has 0 spiro atoms. The minimum absolute atomic E-state index is 0.255. The molecule has 0 aliphatic carbocycles. The lowest BCUT2D eigenvalue weighted by Crippen LogP contribution is -2.24. The largest absolute Gasteiger partial charge is 0.286 e. The van der Waals surface area contributed by atoms with Crippen LogP contribution in [-0.2, 0) is 0 Å². The summed E-state index contributed by atoms with van der Waals surface area (Å²) >= 11 is 0. The van der Waals surface area contributed by atoms with Crippen LogP contribution in [0.25, 0.3) is 0 Å². The van der Waals surface area contributed by atoms with E-state index in [1.54, 1.807) is 0 Å². The van der Waals surface area contributed by atoms with Crippen LogP contribution in [0.3, 0.4) is 0 Å². The molecule has 32 heavy (non-hydrogen) atoms. The van der Waals surface area contributed by atoms with Gasteiger partial charge in [-0.15, -0.1) is 11.8 Å². The van der Waals surface area contributed by atoms with Gasteiger partial charge in [-0.2, -0.15) is 0 Å². The first-order valence-electron chi connectivity index (χ1n) is 12.5. The van der Waals surface area contributed by atoms with Crippen LogP contribution in [0, 0.1) is 23.7 Å². The molecule has 0 radical (unpaired) electrons. The molecule has 2 atom stereocenters. The van der Waals surface area contributed by atoms with Crippen LogP contribution in [0.4, 0.5) is 0 Å². The van der Waals surface area contributed by atoms with Gasteiger partial charge in [0.05, 0.1) is 12.1 Å². The molecule has 2 unspecified atom stereocenters. The number of likely N-dealkylation sites (tertiary alicyclic amines) is 2. The molecule has 2 saturated heterocycles. The molecule has 0 N–H and O–H groups in total. The molecular weight excluding hydrogens is 388 g/mol. The molecule has 4 rings (SSSR count). The fourth-order valence-electron chi connectivity index (χ4n) is 4.81. The highest BCUT2D eigenvalue weighted by Gasteiger charge is 2.22. The first-order chi connectivity index (χ1) is 15.9. The molecule has 2 heteroatoms. The molecule has 2 aromatic carbocycles. The fourth-order valence-corrected chi connectivity index (χ4v) is 4.81. The molecule has 166 valence electrons. The average molecular weight is 425 g/mol. The van der Waals surface area contributed by atoms with Crippen LogP contribution < -0.4 is 0 Å². The quantitative estimate of drug-likeness (QED) is 0.384. The second-order valence-corrected chi connectivity index (χ2v) is 8.96. The van der Waals surface area contributed by atoms with Gasteiger partial charge in [0, 0.05) is 12.8 Å². The zero-order valence-electron chi connectivity index (χ0n) is 19.3. The van der Waals surface area contributed by atoms with E-state index in [2.05, 4.69) is 94.1 Å². The van der Waals surface area contributed by atoms with E-state index < -0.39 is 0 Å². The Bertz CT molecular complexity index is 837. The van der Waals surface area contributed by atoms with Gasteiger partial charge in [-0.25, -0.2) is 0 Å². The second-order valence-electron chi connectivity index (χ2n) is 8.96. The summed E-state index contributed by atoms with van der Waals surface area (Å²) in [7, 11) is 0. The summed E-state index contributed by atoms with van der Waals surface area (Å²) in [5.74, 6) is 14.1. The van der Waals surface area contributed by atoms with Gasteiger partial charge in [0.2, 0.25) is 0 Å². The maximum atomic E-state index is 3.58. The van der Waals surface area contributed by atoms with Gasteiger partial charge in [-0.1, -0.05) is 72.5 Å². The summed E-state index contributed by atoms with van der Waals surface area (Å²) in [6, 6.07) is 22.1. The molecule has 2 heterocycles. The van der Waals surface area contributed by atoms with E-state index >= 15 is 0 Å². The minimum atomic E-state index is 0.255. The predicted molar refractivity (Wildman–Crippen MR) is 134 cm³/mol. The van der Waals surface area contributed by atoms with Crippen molar-refractivity contribution in [2.75, 3.05) is 26.2 Å². The minimum Gasteiger partial charge on any atom is -0.286 e. The van der Waals surface area contributed by atoms with Gasteiger partial charge in [0.1, 0.15) is 0 Å². The topological polar surface area (TPSA) is 6.48 Å². The van der Waals surface area contributed by atoms with E-state index in [0.717, 1.165) is 25.7 Å². The molecule has 2 aliphatic rings. The van der Waals surface area contributed by atoms with E-state index in [1.807, 2.05) is 0 Å². The maximum Gasteiger partial charge on any atom is 0.0970 e. The van der Waals surface area contributed by atoms with Crippen molar-refractivity contribution in [3.63, 3.8) is 0 Å². The van der Waals surface area contributed by atoms with Crippen LogP contribution in [-0.4, -0.2) is 36.0 Å². The normalized spacial score (nSPS) is 18.4.